The fourth-order valence-corrected chi connectivity index (χ4v) is 2.05. The Morgan fingerprint density at radius 2 is 1.29 bits per heavy atom. The number of ketones is 2. The Balaban J connectivity index is 2.90. The Morgan fingerprint density at radius 3 is 1.59 bits per heavy atom. The van der Waals surface area contributed by atoms with Gasteiger partial charge in [-0.1, -0.05) is 13.8 Å². The second-order valence-corrected chi connectivity index (χ2v) is 4.24. The fourth-order valence-electron chi connectivity index (χ4n) is 2.05. The van der Waals surface area contributed by atoms with E-state index in [4.69, 9.17) is 0 Å². The van der Waals surface area contributed by atoms with Gasteiger partial charge in [-0.3, -0.25) is 24.5 Å². The largest absolute Gasteiger partial charge is 0.299 e. The van der Waals surface area contributed by atoms with Gasteiger partial charge in [0.1, 0.15) is 23.4 Å². The third-order valence-electron chi connectivity index (χ3n) is 2.83. The first kappa shape index (κ1) is 13.5. The smallest absolute Gasteiger partial charge is 0.238 e. The highest BCUT2D eigenvalue weighted by Crippen LogP contribution is 2.24. The van der Waals surface area contributed by atoms with Gasteiger partial charge in [0.05, 0.1) is 0 Å². The second-order valence-electron chi connectivity index (χ2n) is 4.24. The van der Waals surface area contributed by atoms with E-state index in [0.29, 0.717) is 12.8 Å². The molecule has 2 atom stereocenters. The van der Waals surface area contributed by atoms with Crippen LogP contribution in [0.4, 0.5) is 0 Å². The fraction of sp³-hybridized carbons (Fsp3) is 0.667. The van der Waals surface area contributed by atoms with Crippen LogP contribution < -0.4 is 5.32 Å². The maximum atomic E-state index is 11.8. The van der Waals surface area contributed by atoms with Gasteiger partial charge in [-0.15, -0.1) is 0 Å². The van der Waals surface area contributed by atoms with Crippen LogP contribution in [0, 0.1) is 11.8 Å². The van der Waals surface area contributed by atoms with Crippen LogP contribution in [-0.2, 0) is 19.2 Å². The van der Waals surface area contributed by atoms with Gasteiger partial charge in [0.2, 0.25) is 11.8 Å². The van der Waals surface area contributed by atoms with Crippen LogP contribution in [0.25, 0.3) is 0 Å². The molecule has 1 aliphatic heterocycles. The number of amides is 2. The Hall–Kier alpha value is -1.52. The Morgan fingerprint density at radius 1 is 0.941 bits per heavy atom. The summed E-state index contributed by atoms with van der Waals surface area (Å²) in [6, 6.07) is 0. The molecule has 2 amide bonds. The molecule has 1 heterocycles. The number of imide groups is 1. The van der Waals surface area contributed by atoms with Crippen LogP contribution in [-0.4, -0.2) is 23.4 Å². The van der Waals surface area contributed by atoms with Gasteiger partial charge >= 0.3 is 0 Å². The first-order valence-electron chi connectivity index (χ1n) is 5.93. The minimum Gasteiger partial charge on any atom is -0.299 e. The zero-order chi connectivity index (χ0) is 13.0. The third-order valence-corrected chi connectivity index (χ3v) is 2.83. The monoisotopic (exact) mass is 239 g/mol. The summed E-state index contributed by atoms with van der Waals surface area (Å²) in [6.45, 7) is 3.63. The van der Waals surface area contributed by atoms with Crippen LogP contribution >= 0.6 is 0 Å². The molecule has 1 N–H and O–H groups in total. The van der Waals surface area contributed by atoms with E-state index in [1.54, 1.807) is 0 Å². The average Bonchev–Trinajstić information content (AvgIpc) is 2.54. The van der Waals surface area contributed by atoms with Crippen molar-refractivity contribution in [3.63, 3.8) is 0 Å². The minimum atomic E-state index is -1.10. The molecule has 1 rings (SSSR count). The lowest BCUT2D eigenvalue weighted by Gasteiger charge is -2.12. The third kappa shape index (κ3) is 2.78. The lowest BCUT2D eigenvalue weighted by atomic mass is 9.84. The van der Waals surface area contributed by atoms with E-state index in [1.165, 1.54) is 0 Å². The predicted molar refractivity (Wildman–Crippen MR) is 60.0 cm³/mol. The topological polar surface area (TPSA) is 80.3 Å². The molecule has 5 heteroatoms. The van der Waals surface area contributed by atoms with Crippen LogP contribution in [0.3, 0.4) is 0 Å². The molecule has 0 aromatic heterocycles. The molecule has 1 fully saturated rings. The first-order valence-corrected chi connectivity index (χ1v) is 5.93. The van der Waals surface area contributed by atoms with Gasteiger partial charge < -0.3 is 0 Å². The van der Waals surface area contributed by atoms with Crippen molar-refractivity contribution in [1.29, 1.82) is 0 Å². The summed E-state index contributed by atoms with van der Waals surface area (Å²) in [7, 11) is 0. The summed E-state index contributed by atoms with van der Waals surface area (Å²) >= 11 is 0. The molecule has 0 bridgehead atoms. The molecule has 1 aliphatic rings. The molecule has 5 nitrogen and oxygen atoms in total. The van der Waals surface area contributed by atoms with Gasteiger partial charge in [0.25, 0.3) is 0 Å². The normalized spacial score (nSPS) is 23.6. The quantitative estimate of drug-likeness (QED) is 0.544. The summed E-state index contributed by atoms with van der Waals surface area (Å²) < 4.78 is 0. The molecule has 0 spiro atoms. The van der Waals surface area contributed by atoms with Crippen molar-refractivity contribution in [3.05, 3.63) is 0 Å². The van der Waals surface area contributed by atoms with Crippen LogP contribution in [0.2, 0.25) is 0 Å². The van der Waals surface area contributed by atoms with Gasteiger partial charge in [-0.2, -0.15) is 0 Å². The Bertz CT molecular complexity index is 328. The van der Waals surface area contributed by atoms with Crippen molar-refractivity contribution in [2.45, 2.75) is 39.5 Å². The maximum Gasteiger partial charge on any atom is 0.238 e. The van der Waals surface area contributed by atoms with Crippen LogP contribution in [0.15, 0.2) is 0 Å². The number of Topliss-reactive ketones (excluding diaryl/α,β-unsaturated/α-hetero) is 2. The number of rotatable bonds is 6. The standard InChI is InChI=1S/C12H17NO4/c1-3-5-7(14)9-10(8(15)6-4-2)12(17)13-11(9)16/h9-10H,3-6H2,1-2H3,(H,13,16,17). The molecule has 0 aromatic carbocycles. The van der Waals surface area contributed by atoms with Crippen molar-refractivity contribution >= 4 is 23.4 Å². The van der Waals surface area contributed by atoms with Crippen molar-refractivity contribution < 1.29 is 19.2 Å². The molecule has 0 radical (unpaired) electrons. The van der Waals surface area contributed by atoms with Gasteiger partial charge in [0, 0.05) is 12.8 Å². The summed E-state index contributed by atoms with van der Waals surface area (Å²) in [5, 5.41) is 2.08. The van der Waals surface area contributed by atoms with Gasteiger partial charge in [0.15, 0.2) is 0 Å². The highest BCUT2D eigenvalue weighted by Gasteiger charge is 2.48. The summed E-state index contributed by atoms with van der Waals surface area (Å²) in [5.41, 5.74) is 0. The summed E-state index contributed by atoms with van der Waals surface area (Å²) in [6.07, 6.45) is 1.65. The predicted octanol–water partition coefficient (Wildman–Crippen LogP) is 0.614. The van der Waals surface area contributed by atoms with Crippen molar-refractivity contribution in [2.75, 3.05) is 0 Å². The molecule has 1 saturated heterocycles. The molecule has 2 unspecified atom stereocenters. The second kappa shape index (κ2) is 5.70. The Kier molecular flexibility index (Phi) is 4.54. The van der Waals surface area contributed by atoms with Crippen molar-refractivity contribution in [2.24, 2.45) is 11.8 Å². The average molecular weight is 239 g/mol. The van der Waals surface area contributed by atoms with E-state index in [1.807, 2.05) is 13.8 Å². The zero-order valence-electron chi connectivity index (χ0n) is 10.1. The van der Waals surface area contributed by atoms with E-state index in [-0.39, 0.29) is 24.4 Å². The lowest BCUT2D eigenvalue weighted by molar-refractivity contribution is -0.139. The number of hydrogen-bond donors (Lipinski definition) is 1. The van der Waals surface area contributed by atoms with E-state index in [0.717, 1.165) is 0 Å². The molecule has 0 aromatic rings. The van der Waals surface area contributed by atoms with Gasteiger partial charge in [-0.05, 0) is 12.8 Å². The van der Waals surface area contributed by atoms with E-state index in [2.05, 4.69) is 5.32 Å². The SMILES string of the molecule is CCCC(=O)C1C(=O)NC(=O)C1C(=O)CCC. The molecule has 0 aliphatic carbocycles. The van der Waals surface area contributed by atoms with Crippen molar-refractivity contribution in [3.8, 4) is 0 Å². The van der Waals surface area contributed by atoms with E-state index < -0.39 is 23.7 Å². The van der Waals surface area contributed by atoms with Crippen LogP contribution in [0.5, 0.6) is 0 Å². The first-order chi connectivity index (χ1) is 8.02. The summed E-state index contributed by atoms with van der Waals surface area (Å²) in [5.74, 6) is -4.07. The highest BCUT2D eigenvalue weighted by atomic mass is 16.2. The molecular weight excluding hydrogens is 222 g/mol. The Labute approximate surface area is 99.9 Å². The molecule has 94 valence electrons. The van der Waals surface area contributed by atoms with E-state index in [9.17, 15) is 19.2 Å². The highest BCUT2D eigenvalue weighted by molar-refractivity contribution is 6.22. The number of carbonyl (C=O) groups excluding carboxylic acids is 4. The maximum absolute atomic E-state index is 11.8. The van der Waals surface area contributed by atoms with Gasteiger partial charge in [-0.25, -0.2) is 0 Å². The minimum absolute atomic E-state index is 0.223. The van der Waals surface area contributed by atoms with Crippen molar-refractivity contribution in [1.82, 2.24) is 5.32 Å². The number of hydrogen-bond acceptors (Lipinski definition) is 4. The lowest BCUT2D eigenvalue weighted by Crippen LogP contribution is -2.32. The van der Waals surface area contributed by atoms with Crippen LogP contribution in [0.1, 0.15) is 39.5 Å². The summed E-state index contributed by atoms with van der Waals surface area (Å²) in [4.78, 5) is 46.5. The number of carbonyl (C=O) groups is 4. The molecule has 0 saturated carbocycles. The zero-order valence-corrected chi connectivity index (χ0v) is 10.1. The molecular formula is C12H17NO4. The molecule has 17 heavy (non-hydrogen) atoms. The van der Waals surface area contributed by atoms with E-state index >= 15 is 0 Å². The number of nitrogens with one attached hydrogen (secondary N) is 1.